The third kappa shape index (κ3) is 7.83. The van der Waals surface area contributed by atoms with Crippen LogP contribution in [0.25, 0.3) is 0 Å². The van der Waals surface area contributed by atoms with Crippen molar-refractivity contribution in [1.29, 1.82) is 0 Å². The monoisotopic (exact) mass is 554 g/mol. The van der Waals surface area contributed by atoms with E-state index >= 15 is 0 Å². The van der Waals surface area contributed by atoms with Crippen LogP contribution in [0.5, 0.6) is 11.5 Å². The first-order valence-electron chi connectivity index (χ1n) is 10.7. The lowest BCUT2D eigenvalue weighted by Gasteiger charge is -2.35. The first-order chi connectivity index (χ1) is 15.0. The second kappa shape index (κ2) is 12.9. The Hall–Kier alpha value is -2.04. The predicted octanol–water partition coefficient (Wildman–Crippen LogP) is 3.54. The number of nitrogens with two attached hydrogens (primary N) is 1. The molecule has 1 aliphatic rings. The maximum Gasteiger partial charge on any atom is 0.189 e. The molecule has 2 aromatic carbocycles. The van der Waals surface area contributed by atoms with Gasteiger partial charge in [0.05, 0.1) is 33.0 Å². The Balaban J connectivity index is 0.00000363. The first kappa shape index (κ1) is 26.2. The summed E-state index contributed by atoms with van der Waals surface area (Å²) in [6, 6.07) is 14.4. The molecular weight excluding hydrogens is 519 g/mol. The van der Waals surface area contributed by atoms with Crippen molar-refractivity contribution in [2.75, 3.05) is 27.3 Å². The fourth-order valence-corrected chi connectivity index (χ4v) is 3.84. The van der Waals surface area contributed by atoms with E-state index < -0.39 is 0 Å². The molecule has 8 heteroatoms. The van der Waals surface area contributed by atoms with Gasteiger partial charge in [0.25, 0.3) is 0 Å². The number of aliphatic imine (C=N–C) groups is 1. The highest BCUT2D eigenvalue weighted by Gasteiger charge is 2.21. The molecule has 2 aromatic rings. The van der Waals surface area contributed by atoms with Gasteiger partial charge in [0.15, 0.2) is 17.5 Å². The van der Waals surface area contributed by atoms with Crippen molar-refractivity contribution in [2.45, 2.75) is 45.7 Å². The van der Waals surface area contributed by atoms with Gasteiger partial charge in [-0.3, -0.25) is 4.90 Å². The summed E-state index contributed by atoms with van der Waals surface area (Å²) in [6.07, 6.45) is 0.571. The predicted molar refractivity (Wildman–Crippen MR) is 139 cm³/mol. The topological polar surface area (TPSA) is 81.3 Å². The summed E-state index contributed by atoms with van der Waals surface area (Å²) in [6.45, 7) is 8.26. The van der Waals surface area contributed by atoms with Crippen LogP contribution in [0.4, 0.5) is 0 Å². The van der Waals surface area contributed by atoms with Gasteiger partial charge < -0.3 is 25.3 Å². The van der Waals surface area contributed by atoms with Gasteiger partial charge in [0, 0.05) is 26.2 Å². The van der Waals surface area contributed by atoms with Crippen LogP contribution in [0, 0.1) is 0 Å². The minimum atomic E-state index is 0. The molecule has 2 atom stereocenters. The highest BCUT2D eigenvalue weighted by Crippen LogP contribution is 2.27. The molecule has 0 saturated carbocycles. The Morgan fingerprint density at radius 3 is 2.22 bits per heavy atom. The minimum absolute atomic E-state index is 0. The van der Waals surface area contributed by atoms with Gasteiger partial charge >= 0.3 is 0 Å². The lowest BCUT2D eigenvalue weighted by atomic mass is 10.1. The number of methoxy groups -OCH3 is 2. The number of ether oxygens (including phenoxy) is 3. The third-order valence-corrected chi connectivity index (χ3v) is 5.28. The summed E-state index contributed by atoms with van der Waals surface area (Å²) >= 11 is 0. The van der Waals surface area contributed by atoms with E-state index in [-0.39, 0.29) is 36.2 Å². The summed E-state index contributed by atoms with van der Waals surface area (Å²) < 4.78 is 16.4. The number of halogens is 1. The minimum Gasteiger partial charge on any atom is -0.493 e. The summed E-state index contributed by atoms with van der Waals surface area (Å²) in [5.41, 5.74) is 9.51. The Labute approximate surface area is 208 Å². The van der Waals surface area contributed by atoms with E-state index in [9.17, 15) is 0 Å². The number of hydrogen-bond donors (Lipinski definition) is 2. The maximum atomic E-state index is 6.04. The molecule has 1 aliphatic heterocycles. The number of nitrogens with one attached hydrogen (secondary N) is 1. The molecule has 176 valence electrons. The molecule has 0 bridgehead atoms. The van der Waals surface area contributed by atoms with Crippen molar-refractivity contribution >= 4 is 29.9 Å². The Morgan fingerprint density at radius 2 is 1.59 bits per heavy atom. The van der Waals surface area contributed by atoms with E-state index in [1.807, 2.05) is 18.2 Å². The van der Waals surface area contributed by atoms with Crippen LogP contribution in [-0.4, -0.2) is 50.4 Å². The van der Waals surface area contributed by atoms with E-state index in [1.165, 1.54) is 5.56 Å². The quantitative estimate of drug-likeness (QED) is 0.295. The van der Waals surface area contributed by atoms with Gasteiger partial charge in [0.1, 0.15) is 0 Å². The smallest absolute Gasteiger partial charge is 0.189 e. The molecule has 0 amide bonds. The van der Waals surface area contributed by atoms with Gasteiger partial charge in [-0.2, -0.15) is 0 Å². The number of morpholine rings is 1. The zero-order valence-electron chi connectivity index (χ0n) is 19.3. The molecule has 0 radical (unpaired) electrons. The standard InChI is InChI=1S/C24H34N4O3.HI/c1-17-14-28(15-18(2)31-17)16-20-7-5-19(6-8-20)12-26-24(25)27-13-21-9-10-22(29-3)23(11-21)30-4;/h5-11,17-18H,12-16H2,1-4H3,(H3,25,26,27);1H. The average Bonchev–Trinajstić information content (AvgIpc) is 2.76. The highest BCUT2D eigenvalue weighted by atomic mass is 127. The van der Waals surface area contributed by atoms with Gasteiger partial charge in [-0.25, -0.2) is 4.99 Å². The Kier molecular flexibility index (Phi) is 10.5. The first-order valence-corrected chi connectivity index (χ1v) is 10.7. The molecule has 3 N–H and O–H groups in total. The summed E-state index contributed by atoms with van der Waals surface area (Å²) in [7, 11) is 3.24. The van der Waals surface area contributed by atoms with Crippen molar-refractivity contribution in [3.63, 3.8) is 0 Å². The van der Waals surface area contributed by atoms with E-state index in [0.717, 1.165) is 30.8 Å². The summed E-state index contributed by atoms with van der Waals surface area (Å²) in [4.78, 5) is 6.87. The van der Waals surface area contributed by atoms with Crippen LogP contribution >= 0.6 is 24.0 Å². The fourth-order valence-electron chi connectivity index (χ4n) is 3.84. The maximum absolute atomic E-state index is 6.04. The van der Waals surface area contributed by atoms with E-state index in [1.54, 1.807) is 14.2 Å². The molecule has 1 fully saturated rings. The van der Waals surface area contributed by atoms with Crippen molar-refractivity contribution in [2.24, 2.45) is 10.7 Å². The van der Waals surface area contributed by atoms with E-state index in [2.05, 4.69) is 53.3 Å². The molecule has 7 nitrogen and oxygen atoms in total. The summed E-state index contributed by atoms with van der Waals surface area (Å²) in [5.74, 6) is 1.79. The second-order valence-electron chi connectivity index (χ2n) is 8.01. The molecule has 32 heavy (non-hydrogen) atoms. The van der Waals surface area contributed by atoms with Crippen molar-refractivity contribution in [3.8, 4) is 11.5 Å². The largest absolute Gasteiger partial charge is 0.493 e. The number of nitrogens with zero attached hydrogens (tertiary/aromatic N) is 2. The number of benzene rings is 2. The normalized spacial score (nSPS) is 19.2. The second-order valence-corrected chi connectivity index (χ2v) is 8.01. The Morgan fingerprint density at radius 1 is 1.00 bits per heavy atom. The number of rotatable bonds is 8. The van der Waals surface area contributed by atoms with Gasteiger partial charge in [-0.05, 0) is 42.7 Å². The summed E-state index contributed by atoms with van der Waals surface area (Å²) in [5, 5.41) is 3.18. The molecular formula is C24H35IN4O3. The van der Waals surface area contributed by atoms with E-state index in [4.69, 9.17) is 19.9 Å². The molecule has 1 heterocycles. The Bertz CT molecular complexity index is 866. The molecule has 0 spiro atoms. The molecule has 0 aromatic heterocycles. The third-order valence-electron chi connectivity index (χ3n) is 5.28. The van der Waals surface area contributed by atoms with Crippen molar-refractivity contribution in [1.82, 2.24) is 10.2 Å². The number of guanidine groups is 1. The van der Waals surface area contributed by atoms with Crippen LogP contribution in [-0.2, 0) is 24.4 Å². The zero-order chi connectivity index (χ0) is 22.2. The number of hydrogen-bond acceptors (Lipinski definition) is 5. The fraction of sp³-hybridized carbons (Fsp3) is 0.458. The van der Waals surface area contributed by atoms with Crippen molar-refractivity contribution < 1.29 is 14.2 Å². The van der Waals surface area contributed by atoms with Crippen LogP contribution in [0.1, 0.15) is 30.5 Å². The van der Waals surface area contributed by atoms with Crippen LogP contribution in [0.2, 0.25) is 0 Å². The highest BCUT2D eigenvalue weighted by molar-refractivity contribution is 14.0. The van der Waals surface area contributed by atoms with Gasteiger partial charge in [-0.1, -0.05) is 30.3 Å². The average molecular weight is 554 g/mol. The van der Waals surface area contributed by atoms with Crippen LogP contribution in [0.3, 0.4) is 0 Å². The van der Waals surface area contributed by atoms with Crippen LogP contribution < -0.4 is 20.5 Å². The lowest BCUT2D eigenvalue weighted by molar-refractivity contribution is -0.0704. The SMILES string of the molecule is COc1ccc(CN=C(N)NCc2ccc(CN3CC(C)OC(C)C3)cc2)cc1OC.I. The lowest BCUT2D eigenvalue weighted by Crippen LogP contribution is -2.44. The molecule has 1 saturated heterocycles. The van der Waals surface area contributed by atoms with Crippen molar-refractivity contribution in [3.05, 3.63) is 59.2 Å². The van der Waals surface area contributed by atoms with Gasteiger partial charge in [-0.15, -0.1) is 24.0 Å². The zero-order valence-corrected chi connectivity index (χ0v) is 21.7. The molecule has 2 unspecified atom stereocenters. The van der Waals surface area contributed by atoms with E-state index in [0.29, 0.717) is 30.5 Å². The van der Waals surface area contributed by atoms with Crippen LogP contribution in [0.15, 0.2) is 47.5 Å². The molecule has 3 rings (SSSR count). The van der Waals surface area contributed by atoms with Gasteiger partial charge in [0.2, 0.25) is 0 Å². The molecule has 0 aliphatic carbocycles.